The Kier molecular flexibility index (Phi) is 4.51. The first-order valence-corrected chi connectivity index (χ1v) is 5.82. The van der Waals surface area contributed by atoms with Gasteiger partial charge in [0.25, 0.3) is 0 Å². The summed E-state index contributed by atoms with van der Waals surface area (Å²) >= 11 is 0. The molecule has 0 saturated carbocycles. The Morgan fingerprint density at radius 1 is 0.882 bits per heavy atom. The molecule has 1 fully saturated rings. The maximum atomic E-state index is 11.1. The second-order valence-corrected chi connectivity index (χ2v) is 4.55. The third-order valence-corrected chi connectivity index (χ3v) is 3.08. The van der Waals surface area contributed by atoms with E-state index < -0.39 is 18.2 Å². The minimum absolute atomic E-state index is 0.0144. The molecule has 17 heavy (non-hydrogen) atoms. The molecule has 1 aliphatic heterocycles. The van der Waals surface area contributed by atoms with Crippen LogP contribution < -0.4 is 0 Å². The Labute approximate surface area is 101 Å². The Morgan fingerprint density at radius 3 is 1.82 bits per heavy atom. The predicted octanol–water partition coefficient (Wildman–Crippen LogP) is 1.29. The Balaban J connectivity index is 2.86. The summed E-state index contributed by atoms with van der Waals surface area (Å²) in [6, 6.07) is 0. The zero-order chi connectivity index (χ0) is 13.2. The van der Waals surface area contributed by atoms with Gasteiger partial charge in [-0.05, 0) is 13.8 Å². The standard InChI is InChI=1S/C12H20O5/c1-6-7(2)15-8(3)12(17-10(5)14)11(6)16-9(4)13/h6-8,11-12H,1-5H3/t6-,7?,8+,11+,12+/m1/s1. The number of ether oxygens (including phenoxy) is 3. The van der Waals surface area contributed by atoms with Crippen LogP contribution in [0.15, 0.2) is 0 Å². The number of carbonyl (C=O) groups excluding carboxylic acids is 2. The summed E-state index contributed by atoms with van der Waals surface area (Å²) in [6.07, 6.45) is -1.31. The zero-order valence-electron chi connectivity index (χ0n) is 10.9. The molecule has 1 heterocycles. The van der Waals surface area contributed by atoms with E-state index in [1.165, 1.54) is 13.8 Å². The van der Waals surface area contributed by atoms with Gasteiger partial charge in [0.1, 0.15) is 6.10 Å². The van der Waals surface area contributed by atoms with E-state index in [2.05, 4.69) is 0 Å². The van der Waals surface area contributed by atoms with Gasteiger partial charge in [-0.2, -0.15) is 0 Å². The quantitative estimate of drug-likeness (QED) is 0.685. The summed E-state index contributed by atoms with van der Waals surface area (Å²) < 4.78 is 16.1. The molecule has 5 heteroatoms. The van der Waals surface area contributed by atoms with Gasteiger partial charge in [-0.25, -0.2) is 0 Å². The van der Waals surface area contributed by atoms with Crippen molar-refractivity contribution in [1.82, 2.24) is 0 Å². The first-order chi connectivity index (χ1) is 7.82. The minimum Gasteiger partial charge on any atom is -0.458 e. The van der Waals surface area contributed by atoms with E-state index in [1.807, 2.05) is 20.8 Å². The smallest absolute Gasteiger partial charge is 0.303 e. The highest BCUT2D eigenvalue weighted by molar-refractivity contribution is 5.67. The highest BCUT2D eigenvalue weighted by atomic mass is 16.6. The summed E-state index contributed by atoms with van der Waals surface area (Å²) in [7, 11) is 0. The van der Waals surface area contributed by atoms with Crippen LogP contribution in [0.2, 0.25) is 0 Å². The van der Waals surface area contributed by atoms with Gasteiger partial charge < -0.3 is 14.2 Å². The van der Waals surface area contributed by atoms with E-state index in [0.717, 1.165) is 0 Å². The van der Waals surface area contributed by atoms with Gasteiger partial charge >= 0.3 is 11.9 Å². The molecule has 0 bridgehead atoms. The molecule has 5 nitrogen and oxygen atoms in total. The average Bonchev–Trinajstić information content (AvgIpc) is 2.19. The zero-order valence-corrected chi connectivity index (χ0v) is 10.9. The fraction of sp³-hybridized carbons (Fsp3) is 0.833. The fourth-order valence-electron chi connectivity index (χ4n) is 2.09. The van der Waals surface area contributed by atoms with E-state index in [0.29, 0.717) is 0 Å². The number of rotatable bonds is 2. The van der Waals surface area contributed by atoms with Gasteiger partial charge in [-0.3, -0.25) is 9.59 Å². The average molecular weight is 244 g/mol. The van der Waals surface area contributed by atoms with Crippen molar-refractivity contribution in [2.24, 2.45) is 5.92 Å². The number of esters is 2. The molecule has 0 aromatic heterocycles. The third-order valence-electron chi connectivity index (χ3n) is 3.08. The monoisotopic (exact) mass is 244 g/mol. The Hall–Kier alpha value is -1.10. The topological polar surface area (TPSA) is 61.8 Å². The van der Waals surface area contributed by atoms with E-state index >= 15 is 0 Å². The first-order valence-electron chi connectivity index (χ1n) is 5.82. The summed E-state index contributed by atoms with van der Waals surface area (Å²) in [5.41, 5.74) is 0. The number of carbonyl (C=O) groups is 2. The van der Waals surface area contributed by atoms with Crippen molar-refractivity contribution >= 4 is 11.9 Å². The molecular formula is C12H20O5. The van der Waals surface area contributed by atoms with Gasteiger partial charge in [0.15, 0.2) is 6.10 Å². The number of hydrogen-bond acceptors (Lipinski definition) is 5. The minimum atomic E-state index is -0.539. The molecule has 0 aliphatic carbocycles. The van der Waals surface area contributed by atoms with Gasteiger partial charge in [0, 0.05) is 19.8 Å². The molecule has 0 aromatic rings. The van der Waals surface area contributed by atoms with Crippen LogP contribution in [-0.4, -0.2) is 36.4 Å². The van der Waals surface area contributed by atoms with Crippen molar-refractivity contribution in [3.05, 3.63) is 0 Å². The molecular weight excluding hydrogens is 224 g/mol. The summed E-state index contributed by atoms with van der Waals surface area (Å²) in [6.45, 7) is 8.33. The molecule has 0 aromatic carbocycles. The maximum absolute atomic E-state index is 11.1. The number of hydrogen-bond donors (Lipinski definition) is 0. The van der Waals surface area contributed by atoms with Crippen LogP contribution in [0.5, 0.6) is 0 Å². The van der Waals surface area contributed by atoms with Crippen LogP contribution in [0.25, 0.3) is 0 Å². The molecule has 0 radical (unpaired) electrons. The van der Waals surface area contributed by atoms with E-state index in [-0.39, 0.29) is 24.1 Å². The highest BCUT2D eigenvalue weighted by Gasteiger charge is 2.44. The summed E-state index contributed by atoms with van der Waals surface area (Å²) in [5.74, 6) is -0.788. The van der Waals surface area contributed by atoms with Crippen LogP contribution in [0.4, 0.5) is 0 Å². The van der Waals surface area contributed by atoms with Crippen LogP contribution >= 0.6 is 0 Å². The van der Waals surface area contributed by atoms with Gasteiger partial charge in [-0.15, -0.1) is 0 Å². The van der Waals surface area contributed by atoms with Crippen molar-refractivity contribution in [3.8, 4) is 0 Å². The van der Waals surface area contributed by atoms with Crippen molar-refractivity contribution in [2.75, 3.05) is 0 Å². The lowest BCUT2D eigenvalue weighted by atomic mass is 9.89. The molecule has 1 unspecified atom stereocenters. The van der Waals surface area contributed by atoms with Crippen molar-refractivity contribution in [2.45, 2.75) is 59.0 Å². The van der Waals surface area contributed by atoms with Crippen LogP contribution in [-0.2, 0) is 23.8 Å². The Bertz CT molecular complexity index is 301. The second kappa shape index (κ2) is 5.49. The van der Waals surface area contributed by atoms with Crippen molar-refractivity contribution in [3.63, 3.8) is 0 Å². The maximum Gasteiger partial charge on any atom is 0.303 e. The van der Waals surface area contributed by atoms with E-state index in [1.54, 1.807) is 0 Å². The largest absolute Gasteiger partial charge is 0.458 e. The molecule has 1 aliphatic rings. The normalized spacial score (nSPS) is 37.4. The molecule has 1 saturated heterocycles. The molecule has 5 atom stereocenters. The fourth-order valence-corrected chi connectivity index (χ4v) is 2.09. The SMILES string of the molecule is CC(=O)O[C@@H]1[C@@H](OC(C)=O)[C@H](C)C(C)O[C@H]1C. The van der Waals surface area contributed by atoms with Gasteiger partial charge in [0.2, 0.25) is 0 Å². The predicted molar refractivity (Wildman–Crippen MR) is 60.3 cm³/mol. The molecule has 0 amide bonds. The van der Waals surface area contributed by atoms with Crippen LogP contribution in [0.1, 0.15) is 34.6 Å². The third kappa shape index (κ3) is 3.43. The summed E-state index contributed by atoms with van der Waals surface area (Å²) in [5, 5.41) is 0. The van der Waals surface area contributed by atoms with Gasteiger partial charge in [0.05, 0.1) is 12.2 Å². The lowest BCUT2D eigenvalue weighted by Crippen LogP contribution is -2.54. The van der Waals surface area contributed by atoms with Gasteiger partial charge in [-0.1, -0.05) is 6.92 Å². The molecule has 0 N–H and O–H groups in total. The van der Waals surface area contributed by atoms with Crippen LogP contribution in [0, 0.1) is 5.92 Å². The highest BCUT2D eigenvalue weighted by Crippen LogP contribution is 2.30. The molecule has 1 rings (SSSR count). The Morgan fingerprint density at radius 2 is 1.35 bits per heavy atom. The second-order valence-electron chi connectivity index (χ2n) is 4.55. The first kappa shape index (κ1) is 14.0. The van der Waals surface area contributed by atoms with Crippen molar-refractivity contribution < 1.29 is 23.8 Å². The summed E-state index contributed by atoms with van der Waals surface area (Å²) in [4.78, 5) is 22.2. The van der Waals surface area contributed by atoms with Crippen LogP contribution in [0.3, 0.4) is 0 Å². The molecule has 0 spiro atoms. The van der Waals surface area contributed by atoms with E-state index in [9.17, 15) is 9.59 Å². The lowest BCUT2D eigenvalue weighted by molar-refractivity contribution is -0.216. The molecule has 98 valence electrons. The lowest BCUT2D eigenvalue weighted by Gasteiger charge is -2.42. The van der Waals surface area contributed by atoms with Crippen molar-refractivity contribution in [1.29, 1.82) is 0 Å². The van der Waals surface area contributed by atoms with E-state index in [4.69, 9.17) is 14.2 Å².